The number of carboxylic acids is 3. The van der Waals surface area contributed by atoms with Gasteiger partial charge in [-0.1, -0.05) is 0 Å². The summed E-state index contributed by atoms with van der Waals surface area (Å²) in [7, 11) is 0. The molecule has 6 nitrogen and oxygen atoms in total. The predicted octanol–water partition coefficient (Wildman–Crippen LogP) is -0.443. The molecule has 0 aliphatic carbocycles. The summed E-state index contributed by atoms with van der Waals surface area (Å²) < 4.78 is 0. The van der Waals surface area contributed by atoms with Crippen molar-refractivity contribution in [1.82, 2.24) is 0 Å². The van der Waals surface area contributed by atoms with Gasteiger partial charge in [0.15, 0.2) is 5.57 Å². The number of rotatable bonds is 3. The second-order valence-electron chi connectivity index (χ2n) is 1.92. The molecule has 0 unspecified atom stereocenters. The van der Waals surface area contributed by atoms with Crippen LogP contribution in [0, 0.1) is 0 Å². The van der Waals surface area contributed by atoms with E-state index in [1.54, 1.807) is 0 Å². The fourth-order valence-corrected chi connectivity index (χ4v) is 0.519. The van der Waals surface area contributed by atoms with Crippen molar-refractivity contribution in [1.29, 1.82) is 0 Å². The Bertz CT molecular complexity index is 258. The van der Waals surface area contributed by atoms with Crippen LogP contribution in [0.25, 0.3) is 0 Å². The van der Waals surface area contributed by atoms with Crippen molar-refractivity contribution in [3.05, 3.63) is 11.1 Å². The van der Waals surface area contributed by atoms with Gasteiger partial charge in [-0.25, -0.2) is 14.4 Å². The van der Waals surface area contributed by atoms with Gasteiger partial charge in [-0.05, 0) is 6.92 Å². The highest BCUT2D eigenvalue weighted by Gasteiger charge is 2.22. The molecular formula is C6H6O6. The molecule has 0 aromatic heterocycles. The van der Waals surface area contributed by atoms with Crippen molar-refractivity contribution in [3.8, 4) is 0 Å². The molecule has 0 amide bonds. The van der Waals surface area contributed by atoms with Gasteiger partial charge in [0.1, 0.15) is 0 Å². The number of carboxylic acid groups (broad SMARTS) is 3. The molecule has 0 saturated carbocycles. The predicted molar refractivity (Wildman–Crippen MR) is 35.6 cm³/mol. The summed E-state index contributed by atoms with van der Waals surface area (Å²) >= 11 is 0. The standard InChI is InChI=1S/C6H6O6/c1-2(4(7)8)3(5(9)10)6(11)12/h1H3,(H,7,8)(H,9,10)(H,11,12). The van der Waals surface area contributed by atoms with Gasteiger partial charge in [-0.3, -0.25) is 0 Å². The first-order valence-corrected chi connectivity index (χ1v) is 2.78. The van der Waals surface area contributed by atoms with Gasteiger partial charge in [0.2, 0.25) is 0 Å². The zero-order valence-corrected chi connectivity index (χ0v) is 6.07. The summed E-state index contributed by atoms with van der Waals surface area (Å²) in [6.45, 7) is 0.917. The zero-order chi connectivity index (χ0) is 9.89. The van der Waals surface area contributed by atoms with E-state index in [0.29, 0.717) is 0 Å². The van der Waals surface area contributed by atoms with Crippen LogP contribution in [-0.4, -0.2) is 33.2 Å². The lowest BCUT2D eigenvalue weighted by Gasteiger charge is -1.97. The van der Waals surface area contributed by atoms with E-state index in [9.17, 15) is 14.4 Å². The summed E-state index contributed by atoms with van der Waals surface area (Å²) in [5, 5.41) is 24.8. The lowest BCUT2D eigenvalue weighted by molar-refractivity contribution is -0.142. The Balaban J connectivity index is 5.23. The van der Waals surface area contributed by atoms with Crippen LogP contribution in [0.3, 0.4) is 0 Å². The van der Waals surface area contributed by atoms with Gasteiger partial charge in [-0.15, -0.1) is 0 Å². The lowest BCUT2D eigenvalue weighted by Crippen LogP contribution is -2.16. The molecule has 66 valence electrons. The van der Waals surface area contributed by atoms with E-state index in [1.807, 2.05) is 0 Å². The van der Waals surface area contributed by atoms with Gasteiger partial charge in [0.25, 0.3) is 0 Å². The van der Waals surface area contributed by atoms with E-state index in [-0.39, 0.29) is 0 Å². The molecule has 0 atom stereocenters. The highest BCUT2D eigenvalue weighted by molar-refractivity contribution is 6.17. The van der Waals surface area contributed by atoms with E-state index in [2.05, 4.69) is 0 Å². The quantitative estimate of drug-likeness (QED) is 0.303. The first kappa shape index (κ1) is 10.2. The van der Waals surface area contributed by atoms with Gasteiger partial charge >= 0.3 is 17.9 Å². The van der Waals surface area contributed by atoms with Crippen molar-refractivity contribution >= 4 is 17.9 Å². The molecule has 6 heteroatoms. The van der Waals surface area contributed by atoms with Gasteiger partial charge < -0.3 is 15.3 Å². The SMILES string of the molecule is CC(C(=O)O)=C(C(=O)O)C(=O)O. The first-order valence-electron chi connectivity index (χ1n) is 2.78. The molecule has 0 bridgehead atoms. The van der Waals surface area contributed by atoms with Crippen molar-refractivity contribution in [2.45, 2.75) is 6.92 Å². The van der Waals surface area contributed by atoms with Gasteiger partial charge in [0.05, 0.1) is 5.57 Å². The molecule has 12 heavy (non-hydrogen) atoms. The summed E-state index contributed by atoms with van der Waals surface area (Å²) in [5.74, 6) is -5.08. The second-order valence-corrected chi connectivity index (χ2v) is 1.92. The topological polar surface area (TPSA) is 112 Å². The summed E-state index contributed by atoms with van der Waals surface area (Å²) in [4.78, 5) is 30.5. The normalized spacial score (nSPS) is 8.75. The van der Waals surface area contributed by atoms with Crippen LogP contribution in [0.1, 0.15) is 6.92 Å². The second kappa shape index (κ2) is 3.51. The van der Waals surface area contributed by atoms with Crippen LogP contribution in [0.2, 0.25) is 0 Å². The molecule has 0 saturated heterocycles. The number of aliphatic carboxylic acids is 3. The Morgan fingerprint density at radius 3 is 1.25 bits per heavy atom. The van der Waals surface area contributed by atoms with Crippen LogP contribution >= 0.6 is 0 Å². The molecule has 0 aromatic carbocycles. The van der Waals surface area contributed by atoms with E-state index >= 15 is 0 Å². The van der Waals surface area contributed by atoms with Crippen molar-refractivity contribution in [3.63, 3.8) is 0 Å². The lowest BCUT2D eigenvalue weighted by atomic mass is 10.1. The molecule has 0 radical (unpaired) electrons. The Hall–Kier alpha value is -1.85. The van der Waals surface area contributed by atoms with E-state index < -0.39 is 29.1 Å². The fraction of sp³-hybridized carbons (Fsp3) is 0.167. The largest absolute Gasteiger partial charge is 0.478 e. The van der Waals surface area contributed by atoms with Crippen LogP contribution in [0.5, 0.6) is 0 Å². The minimum Gasteiger partial charge on any atom is -0.478 e. The molecule has 0 fully saturated rings. The average Bonchev–Trinajstić information content (AvgIpc) is 1.85. The molecule has 0 spiro atoms. The minimum atomic E-state index is -1.76. The maximum absolute atomic E-state index is 10.2. The zero-order valence-electron chi connectivity index (χ0n) is 6.07. The highest BCUT2D eigenvalue weighted by atomic mass is 16.4. The summed E-state index contributed by atoms with van der Waals surface area (Å²) in [5.41, 5.74) is -1.82. The number of hydrogen-bond acceptors (Lipinski definition) is 3. The number of carbonyl (C=O) groups is 3. The van der Waals surface area contributed by atoms with Crippen molar-refractivity contribution in [2.75, 3.05) is 0 Å². The Morgan fingerprint density at radius 2 is 1.17 bits per heavy atom. The van der Waals surface area contributed by atoms with E-state index in [1.165, 1.54) is 0 Å². The van der Waals surface area contributed by atoms with E-state index in [0.717, 1.165) is 6.92 Å². The monoisotopic (exact) mass is 174 g/mol. The maximum Gasteiger partial charge on any atom is 0.343 e. The summed E-state index contributed by atoms with van der Waals surface area (Å²) in [6, 6.07) is 0. The van der Waals surface area contributed by atoms with Crippen molar-refractivity contribution in [2.24, 2.45) is 0 Å². The molecule has 0 aliphatic heterocycles. The van der Waals surface area contributed by atoms with Gasteiger partial charge in [-0.2, -0.15) is 0 Å². The molecule has 0 aliphatic rings. The third-order valence-electron chi connectivity index (χ3n) is 1.12. The van der Waals surface area contributed by atoms with Crippen LogP contribution < -0.4 is 0 Å². The molecule has 0 heterocycles. The Labute approximate surface area is 66.7 Å². The smallest absolute Gasteiger partial charge is 0.343 e. The minimum absolute atomic E-state index is 0.699. The Morgan fingerprint density at radius 1 is 0.833 bits per heavy atom. The van der Waals surface area contributed by atoms with Crippen molar-refractivity contribution < 1.29 is 29.7 Å². The molecule has 0 rings (SSSR count). The third-order valence-corrected chi connectivity index (χ3v) is 1.12. The highest BCUT2D eigenvalue weighted by Crippen LogP contribution is 2.04. The fourth-order valence-electron chi connectivity index (χ4n) is 0.519. The summed E-state index contributed by atoms with van der Waals surface area (Å²) in [6.07, 6.45) is 0. The van der Waals surface area contributed by atoms with E-state index in [4.69, 9.17) is 15.3 Å². The first-order chi connectivity index (χ1) is 5.37. The molecular weight excluding hydrogens is 168 g/mol. The van der Waals surface area contributed by atoms with Crippen LogP contribution in [0.15, 0.2) is 11.1 Å². The van der Waals surface area contributed by atoms with Gasteiger partial charge in [0, 0.05) is 0 Å². The average molecular weight is 174 g/mol. The number of hydrogen-bond donors (Lipinski definition) is 3. The van der Waals surface area contributed by atoms with Crippen LogP contribution in [0.4, 0.5) is 0 Å². The molecule has 3 N–H and O–H groups in total. The van der Waals surface area contributed by atoms with Crippen LogP contribution in [-0.2, 0) is 14.4 Å². The third kappa shape index (κ3) is 2.08. The maximum atomic E-state index is 10.2. The Kier molecular flexibility index (Phi) is 2.97. The molecule has 0 aromatic rings.